The summed E-state index contributed by atoms with van der Waals surface area (Å²) in [5.41, 5.74) is 1.53. The van der Waals surface area contributed by atoms with Crippen LogP contribution in [0.15, 0.2) is 72.0 Å². The molecule has 1 saturated carbocycles. The van der Waals surface area contributed by atoms with Crippen LogP contribution in [0.3, 0.4) is 0 Å². The monoisotopic (exact) mass is 819 g/mol. The minimum Gasteiger partial charge on any atom is -0.497 e. The van der Waals surface area contributed by atoms with Crippen molar-refractivity contribution in [3.63, 3.8) is 0 Å². The Morgan fingerprint density at radius 2 is 1.49 bits per heavy atom. The van der Waals surface area contributed by atoms with Crippen molar-refractivity contribution < 1.29 is 28.7 Å². The number of benzene rings is 2. The van der Waals surface area contributed by atoms with E-state index in [1.807, 2.05) is 82.8 Å². The number of nitrogens with zero attached hydrogens (tertiary/aromatic N) is 2. The van der Waals surface area contributed by atoms with E-state index in [-0.39, 0.29) is 48.5 Å². The van der Waals surface area contributed by atoms with E-state index in [2.05, 4.69) is 37.7 Å². The Balaban J connectivity index is 0.000000512. The highest BCUT2D eigenvalue weighted by molar-refractivity contribution is 5.95. The number of carbonyl (C=O) groups is 4. The van der Waals surface area contributed by atoms with Gasteiger partial charge in [0.2, 0.25) is 17.7 Å². The van der Waals surface area contributed by atoms with Crippen molar-refractivity contribution in [2.45, 2.75) is 132 Å². The number of H-pyrrole nitrogens is 1. The zero-order valence-electron chi connectivity index (χ0n) is 38.0. The van der Waals surface area contributed by atoms with Crippen molar-refractivity contribution in [1.82, 2.24) is 20.1 Å². The van der Waals surface area contributed by atoms with Gasteiger partial charge in [0.25, 0.3) is 0 Å². The van der Waals surface area contributed by atoms with Crippen molar-refractivity contribution in [1.29, 1.82) is 0 Å². The third-order valence-electron chi connectivity index (χ3n) is 9.54. The molecule has 0 bridgehead atoms. The Hall–Kier alpha value is -4.93. The van der Waals surface area contributed by atoms with E-state index in [9.17, 15) is 24.0 Å². The van der Waals surface area contributed by atoms with E-state index in [1.165, 1.54) is 0 Å². The number of aromatic nitrogens is 1. The third-order valence-corrected chi connectivity index (χ3v) is 9.54. The molecule has 6 rings (SSSR count). The maximum absolute atomic E-state index is 12.9. The number of likely N-dealkylation sites (tertiary alicyclic amines) is 2. The topological polar surface area (TPSA) is 138 Å². The Kier molecular flexibility index (Phi) is 24.5. The molecule has 1 aromatic heterocycles. The van der Waals surface area contributed by atoms with E-state index < -0.39 is 17.6 Å². The molecule has 3 heterocycles. The molecular formula is C48H74N4O7. The van der Waals surface area contributed by atoms with Gasteiger partial charge in [-0.1, -0.05) is 98.7 Å². The molecule has 0 radical (unpaired) electrons. The number of pyridine rings is 1. The van der Waals surface area contributed by atoms with Crippen LogP contribution in [0.4, 0.5) is 0 Å². The fourth-order valence-corrected chi connectivity index (χ4v) is 6.69. The van der Waals surface area contributed by atoms with Gasteiger partial charge < -0.3 is 29.6 Å². The summed E-state index contributed by atoms with van der Waals surface area (Å²) in [5.74, 6) is 0.448. The molecule has 3 unspecified atom stereocenters. The Morgan fingerprint density at radius 1 is 0.881 bits per heavy atom. The fraction of sp³-hybridized carbons (Fsp3) is 0.562. The van der Waals surface area contributed by atoms with Gasteiger partial charge in [0.05, 0.1) is 19.2 Å². The third kappa shape index (κ3) is 15.6. The number of ether oxygens (including phenoxy) is 2. The number of piperidine rings is 1. The van der Waals surface area contributed by atoms with Crippen LogP contribution in [0.25, 0.3) is 22.2 Å². The van der Waals surface area contributed by atoms with Crippen molar-refractivity contribution in [2.75, 3.05) is 33.4 Å². The first-order chi connectivity index (χ1) is 28.4. The molecule has 1 aliphatic carbocycles. The van der Waals surface area contributed by atoms with Crippen LogP contribution in [0.1, 0.15) is 121 Å². The lowest BCUT2D eigenvalue weighted by molar-refractivity contribution is -0.150. The lowest BCUT2D eigenvalue weighted by atomic mass is 10.1. The fourth-order valence-electron chi connectivity index (χ4n) is 6.69. The first kappa shape index (κ1) is 52.1. The van der Waals surface area contributed by atoms with Crippen LogP contribution in [-0.4, -0.2) is 83.4 Å². The van der Waals surface area contributed by atoms with Crippen LogP contribution < -0.4 is 15.5 Å². The first-order valence-corrected chi connectivity index (χ1v) is 21.9. The quantitative estimate of drug-likeness (QED) is 0.154. The SMILES string of the molecule is C=CC1CC1(NC(=O)C1CCCN1C(=O)CCC(=O)N1CCCCC1)C(=O)OCC.CC.CC.CC.CC(C)C.COc1ccc2c(=O)cc(-c3ccccc3)[nH]c2c1. The average molecular weight is 819 g/mol. The van der Waals surface area contributed by atoms with Gasteiger partial charge in [0, 0.05) is 61.6 Å². The van der Waals surface area contributed by atoms with Crippen molar-refractivity contribution >= 4 is 34.6 Å². The van der Waals surface area contributed by atoms with E-state index in [4.69, 9.17) is 9.47 Å². The molecule has 2 aromatic carbocycles. The van der Waals surface area contributed by atoms with E-state index in [0.29, 0.717) is 24.8 Å². The molecule has 328 valence electrons. The lowest BCUT2D eigenvalue weighted by Crippen LogP contribution is -2.53. The zero-order chi connectivity index (χ0) is 44.5. The minimum absolute atomic E-state index is 0.00950. The van der Waals surface area contributed by atoms with Gasteiger partial charge in [-0.15, -0.1) is 6.58 Å². The lowest BCUT2D eigenvalue weighted by Gasteiger charge is -2.28. The van der Waals surface area contributed by atoms with E-state index in [1.54, 1.807) is 43.2 Å². The van der Waals surface area contributed by atoms with E-state index >= 15 is 0 Å². The molecule has 3 aromatic rings. The van der Waals surface area contributed by atoms with Crippen molar-refractivity contribution in [2.24, 2.45) is 11.8 Å². The summed E-state index contributed by atoms with van der Waals surface area (Å²) in [6.07, 6.45) is 6.85. The van der Waals surface area contributed by atoms with Gasteiger partial charge in [0.1, 0.15) is 17.3 Å². The predicted molar refractivity (Wildman–Crippen MR) is 241 cm³/mol. The number of amides is 3. The molecule has 11 heteroatoms. The molecule has 11 nitrogen and oxygen atoms in total. The summed E-state index contributed by atoms with van der Waals surface area (Å²) < 4.78 is 10.3. The van der Waals surface area contributed by atoms with Gasteiger partial charge in [0.15, 0.2) is 5.43 Å². The average Bonchev–Trinajstić information content (AvgIpc) is 3.76. The number of esters is 1. The number of rotatable bonds is 10. The highest BCUT2D eigenvalue weighted by atomic mass is 16.5. The van der Waals surface area contributed by atoms with Gasteiger partial charge in [-0.2, -0.15) is 0 Å². The molecule has 59 heavy (non-hydrogen) atoms. The number of aromatic amines is 1. The summed E-state index contributed by atoms with van der Waals surface area (Å²) in [5, 5.41) is 3.51. The highest BCUT2D eigenvalue weighted by Crippen LogP contribution is 2.45. The summed E-state index contributed by atoms with van der Waals surface area (Å²) in [7, 11) is 1.61. The molecular weight excluding hydrogens is 745 g/mol. The normalized spacial score (nSPS) is 18.6. The number of fused-ring (bicyclic) bond motifs is 1. The van der Waals surface area contributed by atoms with Crippen LogP contribution in [-0.2, 0) is 23.9 Å². The summed E-state index contributed by atoms with van der Waals surface area (Å²) in [4.78, 5) is 69.2. The number of carbonyl (C=O) groups excluding carboxylic acids is 4. The van der Waals surface area contributed by atoms with Crippen molar-refractivity contribution in [3.8, 4) is 17.0 Å². The second kappa shape index (κ2) is 27.7. The van der Waals surface area contributed by atoms with Crippen LogP contribution >= 0.6 is 0 Å². The number of hydrogen-bond acceptors (Lipinski definition) is 7. The van der Waals surface area contributed by atoms with Gasteiger partial charge >= 0.3 is 5.97 Å². The van der Waals surface area contributed by atoms with Crippen LogP contribution in [0, 0.1) is 11.8 Å². The van der Waals surface area contributed by atoms with Crippen LogP contribution in [0.2, 0.25) is 0 Å². The summed E-state index contributed by atoms with van der Waals surface area (Å²) in [6, 6.07) is 16.2. The number of nitrogens with one attached hydrogen (secondary N) is 2. The highest BCUT2D eigenvalue weighted by Gasteiger charge is 2.61. The maximum Gasteiger partial charge on any atom is 0.332 e. The van der Waals surface area contributed by atoms with Crippen LogP contribution in [0.5, 0.6) is 5.75 Å². The first-order valence-electron chi connectivity index (χ1n) is 21.9. The molecule has 3 aliphatic rings. The predicted octanol–water partition coefficient (Wildman–Crippen LogP) is 9.34. The molecule has 3 fully saturated rings. The Morgan fingerprint density at radius 3 is 2.05 bits per heavy atom. The smallest absolute Gasteiger partial charge is 0.332 e. The van der Waals surface area contributed by atoms with Crippen molar-refractivity contribution in [3.05, 3.63) is 77.5 Å². The minimum atomic E-state index is -1.06. The van der Waals surface area contributed by atoms with Gasteiger partial charge in [-0.25, -0.2) is 4.79 Å². The van der Waals surface area contributed by atoms with E-state index in [0.717, 1.165) is 67.2 Å². The second-order valence-electron chi connectivity index (χ2n) is 14.5. The van der Waals surface area contributed by atoms with Gasteiger partial charge in [-0.3, -0.25) is 19.2 Å². The zero-order valence-corrected chi connectivity index (χ0v) is 38.0. The molecule has 3 atom stereocenters. The number of hydrogen-bond donors (Lipinski definition) is 2. The standard InChI is InChI=1S/C22H33N3O5.C16H13NO2.C4H10.3C2H6/c1-3-16-15-22(16,21(29)30-4-2)23-20(28)17-9-8-14-25(17)19(27)11-10-18(26)24-12-6-5-7-13-24;1-19-12-7-8-13-15(9-12)17-14(10-16(13)18)11-5-3-2-4-6-11;1-4(2)3;3*1-2/h3,16-17H,1,4-15H2,2H3,(H,23,28);2-10H,1H3,(H,17,18);4H,1-3H3;3*1-2H3. The maximum atomic E-state index is 12.9. The Labute approximate surface area is 354 Å². The molecule has 3 amide bonds. The number of methoxy groups -OCH3 is 1. The molecule has 2 aliphatic heterocycles. The summed E-state index contributed by atoms with van der Waals surface area (Å²) >= 11 is 0. The van der Waals surface area contributed by atoms with Gasteiger partial charge in [-0.05, 0) is 69.1 Å². The summed E-state index contributed by atoms with van der Waals surface area (Å²) in [6.45, 7) is 26.2. The largest absolute Gasteiger partial charge is 0.497 e. The molecule has 0 spiro atoms. The molecule has 2 N–H and O–H groups in total. The Bertz CT molecular complexity index is 1780. The molecule has 2 saturated heterocycles. The second-order valence-corrected chi connectivity index (χ2v) is 14.5.